The third-order valence-electron chi connectivity index (χ3n) is 10.6. The van der Waals surface area contributed by atoms with Crippen LogP contribution in [0, 0.1) is 0 Å². The number of likely N-dealkylation sites (N-methyl/N-ethyl adjacent to an activating group) is 1. The van der Waals surface area contributed by atoms with E-state index in [1.807, 2.05) is 33.5 Å². The number of ketones is 1. The van der Waals surface area contributed by atoms with E-state index >= 15 is 0 Å². The van der Waals surface area contributed by atoms with Gasteiger partial charge in [0, 0.05) is 62.1 Å². The van der Waals surface area contributed by atoms with Crippen molar-refractivity contribution in [3.8, 4) is 0 Å². The molecule has 2 aliphatic heterocycles. The second-order valence-electron chi connectivity index (χ2n) is 15.3. The van der Waals surface area contributed by atoms with Gasteiger partial charge in [0.15, 0.2) is 11.5 Å². The Labute approximate surface area is 352 Å². The third-order valence-corrected chi connectivity index (χ3v) is 10.6. The molecule has 6 heteroatoms. The molecule has 0 bridgehead atoms. The summed E-state index contributed by atoms with van der Waals surface area (Å²) >= 11 is 2.94. The molecule has 0 radical (unpaired) electrons. The Morgan fingerprint density at radius 3 is 1.91 bits per heavy atom. The van der Waals surface area contributed by atoms with Gasteiger partial charge in [0.25, 0.3) is 0 Å². The maximum atomic E-state index is 12.5. The molecule has 57 heavy (non-hydrogen) atoms. The van der Waals surface area contributed by atoms with E-state index in [0.29, 0.717) is 6.54 Å². The number of amides is 1. The highest BCUT2D eigenvalue weighted by atomic mass is 79.9. The van der Waals surface area contributed by atoms with Crippen molar-refractivity contribution in [2.24, 2.45) is 0 Å². The molecule has 0 atom stereocenters. The van der Waals surface area contributed by atoms with E-state index in [2.05, 4.69) is 163 Å². The largest absolute Gasteiger partial charge is 0.351 e. The van der Waals surface area contributed by atoms with E-state index < -0.39 is 0 Å². The number of carbonyl (C=O) groups excluding carboxylic acids is 2. The van der Waals surface area contributed by atoms with Crippen LogP contribution in [0.5, 0.6) is 0 Å². The fourth-order valence-electron chi connectivity index (χ4n) is 8.32. The highest BCUT2D eigenvalue weighted by Gasteiger charge is 2.46. The van der Waals surface area contributed by atoms with Gasteiger partial charge in [0.1, 0.15) is 0 Å². The number of hydrogen-bond donors (Lipinski definition) is 0. The predicted molar refractivity (Wildman–Crippen MR) is 252 cm³/mol. The highest BCUT2D eigenvalue weighted by Crippen LogP contribution is 2.51. The van der Waals surface area contributed by atoms with Crippen LogP contribution in [0.4, 0.5) is 11.4 Å². The van der Waals surface area contributed by atoms with Gasteiger partial charge < -0.3 is 9.80 Å². The first kappa shape index (κ1) is 46.8. The van der Waals surface area contributed by atoms with Crippen LogP contribution in [-0.2, 0) is 20.4 Å². The molecule has 0 aromatic heterocycles. The minimum atomic E-state index is -0.225. The Balaban J connectivity index is 0.000000717. The summed E-state index contributed by atoms with van der Waals surface area (Å²) in [5, 5.41) is 5.16. The smallest absolute Gasteiger partial charge is 0.210 e. The van der Waals surface area contributed by atoms with Crippen LogP contribution in [0.25, 0.3) is 21.5 Å². The molecule has 7 rings (SSSR count). The Bertz CT molecular complexity index is 2180. The monoisotopic (exact) mass is 832 g/mol. The minimum Gasteiger partial charge on any atom is -0.351 e. The van der Waals surface area contributed by atoms with E-state index in [4.69, 9.17) is 0 Å². The molecule has 304 valence electrons. The summed E-state index contributed by atoms with van der Waals surface area (Å²) in [6, 6.07) is 26.3. The summed E-state index contributed by atoms with van der Waals surface area (Å²) in [4.78, 5) is 25.9. The number of fused-ring (bicyclic) bond motifs is 6. The fraction of sp³-hybridized carbons (Fsp3) is 0.392. The van der Waals surface area contributed by atoms with Gasteiger partial charge in [-0.1, -0.05) is 130 Å². The lowest BCUT2D eigenvalue weighted by Gasteiger charge is -2.26. The number of nitrogens with zero attached hydrogens (tertiary/aromatic N) is 3. The number of allylic oxidation sites excluding steroid dienone is 8. The van der Waals surface area contributed by atoms with Crippen molar-refractivity contribution in [1.82, 2.24) is 4.90 Å². The van der Waals surface area contributed by atoms with E-state index in [9.17, 15) is 9.59 Å². The molecule has 0 unspecified atom stereocenters. The molecule has 0 saturated carbocycles. The van der Waals surface area contributed by atoms with E-state index in [1.54, 1.807) is 21.0 Å². The van der Waals surface area contributed by atoms with Crippen LogP contribution >= 0.6 is 15.9 Å². The van der Waals surface area contributed by atoms with Gasteiger partial charge >= 0.3 is 0 Å². The summed E-state index contributed by atoms with van der Waals surface area (Å²) in [7, 11) is 3.38. The van der Waals surface area contributed by atoms with Gasteiger partial charge in [-0.3, -0.25) is 9.59 Å². The van der Waals surface area contributed by atoms with Crippen LogP contribution in [0.1, 0.15) is 99.6 Å². The lowest BCUT2D eigenvalue weighted by Crippen LogP contribution is -2.29. The van der Waals surface area contributed by atoms with Crippen LogP contribution < -0.4 is 4.90 Å². The molecule has 3 aliphatic rings. The predicted octanol–water partition coefficient (Wildman–Crippen LogP) is 13.0. The molecule has 4 aromatic rings. The number of benzene rings is 4. The van der Waals surface area contributed by atoms with Crippen molar-refractivity contribution in [3.05, 3.63) is 131 Å². The van der Waals surface area contributed by atoms with Crippen LogP contribution in [-0.4, -0.2) is 60.4 Å². The van der Waals surface area contributed by atoms with Crippen molar-refractivity contribution >= 4 is 66.8 Å². The van der Waals surface area contributed by atoms with Crippen molar-refractivity contribution in [2.45, 2.75) is 99.3 Å². The van der Waals surface area contributed by atoms with E-state index in [-0.39, 0.29) is 16.6 Å². The molecular formula is C51H67BrN3O2+. The molecule has 5 nitrogen and oxygen atoms in total. The lowest BCUT2D eigenvalue weighted by molar-refractivity contribution is -0.424. The Morgan fingerprint density at radius 1 is 0.789 bits per heavy atom. The number of carbonyl (C=O) groups is 2. The summed E-state index contributed by atoms with van der Waals surface area (Å²) in [5.41, 5.74) is 10.2. The third kappa shape index (κ3) is 10.1. The number of halogens is 1. The van der Waals surface area contributed by atoms with E-state index in [0.717, 1.165) is 37.9 Å². The van der Waals surface area contributed by atoms with Crippen molar-refractivity contribution in [2.75, 3.05) is 37.9 Å². The molecule has 4 aromatic carbocycles. The fourth-order valence-corrected chi connectivity index (χ4v) is 8.32. The highest BCUT2D eigenvalue weighted by molar-refractivity contribution is 9.08. The number of rotatable bonds is 7. The van der Waals surface area contributed by atoms with Crippen molar-refractivity contribution in [3.63, 3.8) is 0 Å². The standard InChI is InChI=1S/C43H45N2O.C3H7NO.2C2H6.CH3Br/c1-7-44-36-23-21-32-15-8-10-17-34(32)40(36)42(3,4)38(44)25-19-30-13-12-14-31(27-30)20-26-39-43(5,6)41-35-18-11-9-16-33(35)22-24-37(41)45(39)28-29(2)46;1-4(2)3-5;3*1-2/h8-11,15-27H,7,12-14,28H2,1-6H3;3H,1-2H3;2*1-2H3;1H3/q+1;;;;. The first-order chi connectivity index (χ1) is 27.4. The van der Waals surface area contributed by atoms with Gasteiger partial charge in [0.2, 0.25) is 18.6 Å². The SMILES string of the molecule is CBr.CC.CC.CCN1/C(=C/C=C2C=C(/C=C/C3=[N+](CC(C)=O)c4ccc5ccccc5c4C3(C)C)CCC/2)C(C)(C)c2c1ccc1ccccc21.CN(C)C=O. The summed E-state index contributed by atoms with van der Waals surface area (Å²) in [6.07, 6.45) is 15.7. The molecule has 0 fully saturated rings. The first-order valence-corrected chi connectivity index (χ1v) is 22.2. The van der Waals surface area contributed by atoms with Crippen LogP contribution in [0.2, 0.25) is 0 Å². The summed E-state index contributed by atoms with van der Waals surface area (Å²) in [6.45, 7) is 22.6. The van der Waals surface area contributed by atoms with Gasteiger partial charge in [-0.05, 0) is 102 Å². The number of Topliss-reactive ketones (excluding diaryl/α,β-unsaturated/α-hetero) is 1. The van der Waals surface area contributed by atoms with Crippen molar-refractivity contribution in [1.29, 1.82) is 0 Å². The van der Waals surface area contributed by atoms with Gasteiger partial charge in [0.05, 0.1) is 5.41 Å². The second kappa shape index (κ2) is 21.3. The number of anilines is 1. The zero-order valence-electron chi connectivity index (χ0n) is 37.0. The maximum absolute atomic E-state index is 12.5. The van der Waals surface area contributed by atoms with E-state index in [1.165, 1.54) is 65.8 Å². The lowest BCUT2D eigenvalue weighted by atomic mass is 9.79. The Hall–Kier alpha value is -4.55. The maximum Gasteiger partial charge on any atom is 0.210 e. The average molecular weight is 834 g/mol. The Kier molecular flexibility index (Phi) is 17.5. The topological polar surface area (TPSA) is 43.6 Å². The summed E-state index contributed by atoms with van der Waals surface area (Å²) in [5.74, 6) is 1.98. The molecule has 0 spiro atoms. The molecular weight excluding hydrogens is 766 g/mol. The molecule has 1 aliphatic carbocycles. The molecule has 0 N–H and O–H groups in total. The van der Waals surface area contributed by atoms with Crippen LogP contribution in [0.3, 0.4) is 0 Å². The quantitative estimate of drug-likeness (QED) is 0.106. The second-order valence-corrected chi connectivity index (χ2v) is 15.3. The average Bonchev–Trinajstić information content (AvgIpc) is 3.59. The molecule has 1 amide bonds. The number of alkyl halides is 1. The minimum absolute atomic E-state index is 0.0889. The Morgan fingerprint density at radius 2 is 1.35 bits per heavy atom. The molecule has 2 heterocycles. The zero-order chi connectivity index (χ0) is 42.5. The van der Waals surface area contributed by atoms with Gasteiger partial charge in [-0.15, -0.1) is 0 Å². The molecule has 0 saturated heterocycles. The van der Waals surface area contributed by atoms with Gasteiger partial charge in [-0.25, -0.2) is 0 Å². The first-order valence-electron chi connectivity index (χ1n) is 20.6. The van der Waals surface area contributed by atoms with Crippen molar-refractivity contribution < 1.29 is 14.2 Å². The summed E-state index contributed by atoms with van der Waals surface area (Å²) < 4.78 is 2.24. The van der Waals surface area contributed by atoms with Crippen LogP contribution in [0.15, 0.2) is 120 Å². The van der Waals surface area contributed by atoms with Gasteiger partial charge in [-0.2, -0.15) is 4.58 Å². The normalized spacial score (nSPS) is 17.3. The number of hydrogen-bond acceptors (Lipinski definition) is 3. The zero-order valence-corrected chi connectivity index (χ0v) is 38.5.